The molecule has 0 radical (unpaired) electrons. The van der Waals surface area contributed by atoms with E-state index in [1.54, 1.807) is 0 Å². The zero-order chi connectivity index (χ0) is 13.0. The Morgan fingerprint density at radius 2 is 2.11 bits per heavy atom. The third kappa shape index (κ3) is 3.13. The summed E-state index contributed by atoms with van der Waals surface area (Å²) < 4.78 is 14.5. The molecule has 0 aliphatic carbocycles. The summed E-state index contributed by atoms with van der Waals surface area (Å²) in [6.45, 7) is 7.38. The highest BCUT2D eigenvalue weighted by atomic mass is 79.9. The Kier molecular flexibility index (Phi) is 5.21. The number of ether oxygens (including phenoxy) is 2. The Hall–Kier alpha value is -0.390. The fourth-order valence-electron chi connectivity index (χ4n) is 2.19. The number of nitrogens with zero attached hydrogens (tertiary/aromatic N) is 2. The van der Waals surface area contributed by atoms with Gasteiger partial charge in [0.15, 0.2) is 0 Å². The van der Waals surface area contributed by atoms with Crippen LogP contribution in [0.1, 0.15) is 38.1 Å². The number of aromatic nitrogens is 2. The van der Waals surface area contributed by atoms with Crippen LogP contribution in [0.5, 0.6) is 0 Å². The van der Waals surface area contributed by atoms with Crippen LogP contribution < -0.4 is 0 Å². The van der Waals surface area contributed by atoms with E-state index in [2.05, 4.69) is 34.9 Å². The lowest BCUT2D eigenvalue weighted by Crippen LogP contribution is -2.23. The van der Waals surface area contributed by atoms with Gasteiger partial charge in [-0.3, -0.25) is 4.68 Å². The first-order chi connectivity index (χ1) is 8.76. The normalized spacial score (nSPS) is 17.3. The van der Waals surface area contributed by atoms with Crippen LogP contribution >= 0.6 is 15.9 Å². The van der Waals surface area contributed by atoms with E-state index < -0.39 is 0 Å². The largest absolute Gasteiger partial charge is 0.381 e. The van der Waals surface area contributed by atoms with Gasteiger partial charge in [-0.05, 0) is 42.1 Å². The van der Waals surface area contributed by atoms with E-state index in [1.165, 1.54) is 0 Å². The van der Waals surface area contributed by atoms with E-state index >= 15 is 0 Å². The summed E-state index contributed by atoms with van der Waals surface area (Å²) in [5.74, 6) is 0. The fourth-order valence-corrected chi connectivity index (χ4v) is 2.87. The molecule has 1 saturated heterocycles. The van der Waals surface area contributed by atoms with Crippen molar-refractivity contribution in [2.45, 2.75) is 52.4 Å². The van der Waals surface area contributed by atoms with Crippen molar-refractivity contribution in [1.82, 2.24) is 9.78 Å². The molecule has 2 heterocycles. The molecule has 0 N–H and O–H groups in total. The van der Waals surface area contributed by atoms with Gasteiger partial charge in [0, 0.05) is 19.8 Å². The molecule has 102 valence electrons. The molecule has 0 spiro atoms. The highest BCUT2D eigenvalue weighted by molar-refractivity contribution is 9.10. The third-order valence-electron chi connectivity index (χ3n) is 3.32. The van der Waals surface area contributed by atoms with Crippen LogP contribution in [-0.2, 0) is 29.0 Å². The molecular formula is C13H21BrN2O2. The van der Waals surface area contributed by atoms with E-state index in [4.69, 9.17) is 9.47 Å². The lowest BCUT2D eigenvalue weighted by atomic mass is 10.1. The molecular weight excluding hydrogens is 296 g/mol. The summed E-state index contributed by atoms with van der Waals surface area (Å²) in [6.07, 6.45) is 3.27. The van der Waals surface area contributed by atoms with Crippen molar-refractivity contribution in [3.8, 4) is 0 Å². The van der Waals surface area contributed by atoms with E-state index in [1.807, 2.05) is 4.68 Å². The average Bonchev–Trinajstić information content (AvgIpc) is 2.73. The molecule has 0 bridgehead atoms. The predicted molar refractivity (Wildman–Crippen MR) is 73.6 cm³/mol. The third-order valence-corrected chi connectivity index (χ3v) is 4.23. The van der Waals surface area contributed by atoms with E-state index in [0.29, 0.717) is 12.7 Å². The van der Waals surface area contributed by atoms with Crippen LogP contribution in [0.15, 0.2) is 4.47 Å². The zero-order valence-electron chi connectivity index (χ0n) is 11.1. The number of aryl methyl sites for hydroxylation is 2. The smallest absolute Gasteiger partial charge is 0.0900 e. The minimum absolute atomic E-state index is 0.330. The molecule has 1 fully saturated rings. The zero-order valence-corrected chi connectivity index (χ0v) is 12.7. The van der Waals surface area contributed by atoms with Crippen molar-refractivity contribution in [3.05, 3.63) is 15.9 Å². The molecule has 2 rings (SSSR count). The van der Waals surface area contributed by atoms with Crippen LogP contribution in [-0.4, -0.2) is 29.1 Å². The standard InChI is InChI=1S/C13H21BrN2O2/c1-3-11-13(14)12(16(4-2)15-11)9-18-10-5-7-17-8-6-10/h10H,3-9H2,1-2H3. The molecule has 1 aromatic heterocycles. The van der Waals surface area contributed by atoms with Gasteiger partial charge in [0.1, 0.15) is 0 Å². The average molecular weight is 317 g/mol. The van der Waals surface area contributed by atoms with Gasteiger partial charge < -0.3 is 9.47 Å². The van der Waals surface area contributed by atoms with Crippen molar-refractivity contribution in [2.24, 2.45) is 0 Å². The van der Waals surface area contributed by atoms with Crippen LogP contribution in [0.4, 0.5) is 0 Å². The highest BCUT2D eigenvalue weighted by Crippen LogP contribution is 2.24. The van der Waals surface area contributed by atoms with Gasteiger partial charge >= 0.3 is 0 Å². The maximum atomic E-state index is 5.98. The molecule has 1 aromatic rings. The Labute approximate surface area is 117 Å². The molecule has 18 heavy (non-hydrogen) atoms. The summed E-state index contributed by atoms with van der Waals surface area (Å²) in [4.78, 5) is 0. The lowest BCUT2D eigenvalue weighted by molar-refractivity contribution is -0.0409. The summed E-state index contributed by atoms with van der Waals surface area (Å²) >= 11 is 3.64. The van der Waals surface area contributed by atoms with E-state index in [0.717, 1.165) is 54.9 Å². The topological polar surface area (TPSA) is 36.3 Å². The fraction of sp³-hybridized carbons (Fsp3) is 0.769. The molecule has 0 atom stereocenters. The Morgan fingerprint density at radius 3 is 2.72 bits per heavy atom. The molecule has 0 amide bonds. The van der Waals surface area contributed by atoms with Crippen LogP contribution in [0, 0.1) is 0 Å². The SMILES string of the molecule is CCc1nn(CC)c(COC2CCOCC2)c1Br. The summed E-state index contributed by atoms with van der Waals surface area (Å²) in [6, 6.07) is 0. The monoisotopic (exact) mass is 316 g/mol. The maximum absolute atomic E-state index is 5.98. The minimum atomic E-state index is 0.330. The van der Waals surface area contributed by atoms with Crippen molar-refractivity contribution in [2.75, 3.05) is 13.2 Å². The Balaban J connectivity index is 2.01. The summed E-state index contributed by atoms with van der Waals surface area (Å²) in [7, 11) is 0. The molecule has 4 nitrogen and oxygen atoms in total. The van der Waals surface area contributed by atoms with Gasteiger partial charge in [0.25, 0.3) is 0 Å². The summed E-state index contributed by atoms with van der Waals surface area (Å²) in [5.41, 5.74) is 2.27. The van der Waals surface area contributed by atoms with Crippen LogP contribution in [0.3, 0.4) is 0 Å². The minimum Gasteiger partial charge on any atom is -0.381 e. The number of halogens is 1. The predicted octanol–water partition coefficient (Wildman–Crippen LogP) is 2.92. The van der Waals surface area contributed by atoms with Crippen molar-refractivity contribution >= 4 is 15.9 Å². The van der Waals surface area contributed by atoms with Crippen molar-refractivity contribution in [1.29, 1.82) is 0 Å². The second kappa shape index (κ2) is 6.68. The van der Waals surface area contributed by atoms with Crippen LogP contribution in [0.2, 0.25) is 0 Å². The molecule has 1 aliphatic heterocycles. The molecule has 5 heteroatoms. The van der Waals surface area contributed by atoms with Gasteiger partial charge in [0.05, 0.1) is 28.6 Å². The van der Waals surface area contributed by atoms with Gasteiger partial charge in [-0.2, -0.15) is 5.10 Å². The van der Waals surface area contributed by atoms with Gasteiger partial charge in [0.2, 0.25) is 0 Å². The van der Waals surface area contributed by atoms with Gasteiger partial charge in [-0.1, -0.05) is 6.92 Å². The number of rotatable bonds is 5. The quantitative estimate of drug-likeness (QED) is 0.838. The Morgan fingerprint density at radius 1 is 1.39 bits per heavy atom. The first-order valence-corrected chi connectivity index (χ1v) is 7.48. The number of hydrogen-bond donors (Lipinski definition) is 0. The van der Waals surface area contributed by atoms with E-state index in [-0.39, 0.29) is 0 Å². The molecule has 0 unspecified atom stereocenters. The molecule has 0 saturated carbocycles. The van der Waals surface area contributed by atoms with Crippen molar-refractivity contribution < 1.29 is 9.47 Å². The lowest BCUT2D eigenvalue weighted by Gasteiger charge is -2.22. The second-order valence-corrected chi connectivity index (χ2v) is 5.29. The van der Waals surface area contributed by atoms with Gasteiger partial charge in [-0.15, -0.1) is 0 Å². The van der Waals surface area contributed by atoms with Gasteiger partial charge in [-0.25, -0.2) is 0 Å². The first-order valence-electron chi connectivity index (χ1n) is 6.69. The second-order valence-electron chi connectivity index (χ2n) is 4.50. The maximum Gasteiger partial charge on any atom is 0.0900 e. The number of hydrogen-bond acceptors (Lipinski definition) is 3. The first kappa shape index (κ1) is 14.0. The van der Waals surface area contributed by atoms with E-state index in [9.17, 15) is 0 Å². The van der Waals surface area contributed by atoms with Crippen LogP contribution in [0.25, 0.3) is 0 Å². The highest BCUT2D eigenvalue weighted by Gasteiger charge is 2.18. The molecule has 0 aromatic carbocycles. The molecule has 1 aliphatic rings. The Bertz CT molecular complexity index is 387. The summed E-state index contributed by atoms with van der Waals surface area (Å²) in [5, 5.41) is 4.58. The van der Waals surface area contributed by atoms with Crippen molar-refractivity contribution in [3.63, 3.8) is 0 Å².